The topological polar surface area (TPSA) is 109 Å². The smallest absolute Gasteiger partial charge is 0.335 e. The zero-order chi connectivity index (χ0) is 16.2. The number of carbonyl (C=O) groups excluding carboxylic acids is 1. The molecule has 0 unspecified atom stereocenters. The first-order chi connectivity index (χ1) is 9.77. The third kappa shape index (κ3) is 4.38. The summed E-state index contributed by atoms with van der Waals surface area (Å²) in [7, 11) is 0. The van der Waals surface area contributed by atoms with Crippen LogP contribution in [0.4, 0.5) is 4.39 Å². The molecule has 3 N–H and O–H groups in total. The van der Waals surface area contributed by atoms with Crippen LogP contribution in [0.2, 0.25) is 0 Å². The molecule has 0 spiro atoms. The number of halogens is 1. The molecule has 0 aromatic rings. The monoisotopic (exact) mass is 304 g/mol. The van der Waals surface area contributed by atoms with E-state index in [1.54, 1.807) is 0 Å². The Morgan fingerprint density at radius 1 is 1.38 bits per heavy atom. The van der Waals surface area contributed by atoms with Crippen LogP contribution in [0.5, 0.6) is 0 Å². The van der Waals surface area contributed by atoms with E-state index in [1.165, 1.54) is 6.92 Å². The van der Waals surface area contributed by atoms with Gasteiger partial charge in [-0.3, -0.25) is 10.2 Å². The van der Waals surface area contributed by atoms with E-state index < -0.39 is 31.1 Å². The van der Waals surface area contributed by atoms with Crippen molar-refractivity contribution in [2.75, 3.05) is 6.86 Å². The molecule has 1 heterocycles. The van der Waals surface area contributed by atoms with Gasteiger partial charge in [-0.15, -0.1) is 0 Å². The van der Waals surface area contributed by atoms with Crippen LogP contribution in [-0.4, -0.2) is 48.0 Å². The molecule has 0 radical (unpaired) electrons. The molecule has 8 heteroatoms. The molecule has 0 aromatic heterocycles. The van der Waals surface area contributed by atoms with E-state index in [9.17, 15) is 19.1 Å². The Labute approximate surface area is 122 Å². The molecule has 0 saturated carbocycles. The number of carboxylic acid groups (broad SMARTS) is 1. The molecule has 120 valence electrons. The molecule has 1 aliphatic rings. The second-order valence-electron chi connectivity index (χ2n) is 5.26. The van der Waals surface area contributed by atoms with Crippen molar-refractivity contribution in [1.82, 2.24) is 5.32 Å². The molecule has 5 atom stereocenters. The van der Waals surface area contributed by atoms with Crippen molar-refractivity contribution in [3.63, 3.8) is 0 Å². The SMILES string of the molecule is CC(=O)N[C@H]1[C@@H](C)[C@H](C)[C@@H](CC(=N)OCF)O[C@H]1C(=O)O. The fraction of sp³-hybridized carbons (Fsp3) is 0.769. The maximum Gasteiger partial charge on any atom is 0.335 e. The highest BCUT2D eigenvalue weighted by Crippen LogP contribution is 2.32. The van der Waals surface area contributed by atoms with Crippen molar-refractivity contribution >= 4 is 17.8 Å². The lowest BCUT2D eigenvalue weighted by atomic mass is 9.78. The number of rotatable bonds is 5. The van der Waals surface area contributed by atoms with Gasteiger partial charge in [0.2, 0.25) is 12.8 Å². The minimum absolute atomic E-state index is 0.00794. The lowest BCUT2D eigenvalue weighted by Gasteiger charge is -2.43. The maximum absolute atomic E-state index is 12.0. The summed E-state index contributed by atoms with van der Waals surface area (Å²) in [6, 6.07) is -0.650. The van der Waals surface area contributed by atoms with E-state index in [1.807, 2.05) is 13.8 Å². The Morgan fingerprint density at radius 2 is 2.00 bits per heavy atom. The zero-order valence-corrected chi connectivity index (χ0v) is 12.3. The highest BCUT2D eigenvalue weighted by atomic mass is 19.1. The van der Waals surface area contributed by atoms with Crippen LogP contribution >= 0.6 is 0 Å². The molecule has 1 fully saturated rings. The molecule has 21 heavy (non-hydrogen) atoms. The van der Waals surface area contributed by atoms with Gasteiger partial charge < -0.3 is 19.9 Å². The molecule has 1 rings (SSSR count). The van der Waals surface area contributed by atoms with Gasteiger partial charge in [0, 0.05) is 13.3 Å². The number of alkyl halides is 1. The molecular formula is C13H21FN2O5. The normalized spacial score (nSPS) is 32.3. The Hall–Kier alpha value is -1.70. The number of carbonyl (C=O) groups is 2. The number of nitrogens with one attached hydrogen (secondary N) is 2. The predicted octanol–water partition coefficient (Wildman–Crippen LogP) is 0.926. The van der Waals surface area contributed by atoms with Crippen LogP contribution in [0, 0.1) is 17.2 Å². The van der Waals surface area contributed by atoms with Crippen LogP contribution in [0.15, 0.2) is 0 Å². The average molecular weight is 304 g/mol. The first kappa shape index (κ1) is 17.4. The maximum atomic E-state index is 12.0. The Kier molecular flexibility index (Phi) is 6.07. The first-order valence-electron chi connectivity index (χ1n) is 6.69. The number of hydrogen-bond acceptors (Lipinski definition) is 5. The lowest BCUT2D eigenvalue weighted by Crippen LogP contribution is -2.59. The summed E-state index contributed by atoms with van der Waals surface area (Å²) in [5.41, 5.74) is 0. The van der Waals surface area contributed by atoms with Crippen LogP contribution in [0.3, 0.4) is 0 Å². The predicted molar refractivity (Wildman–Crippen MR) is 71.6 cm³/mol. The summed E-state index contributed by atoms with van der Waals surface area (Å²) in [4.78, 5) is 22.6. The van der Waals surface area contributed by atoms with E-state index >= 15 is 0 Å². The van der Waals surface area contributed by atoms with Crippen LogP contribution in [0.25, 0.3) is 0 Å². The number of amides is 1. The molecule has 7 nitrogen and oxygen atoms in total. The Morgan fingerprint density at radius 3 is 2.48 bits per heavy atom. The van der Waals surface area contributed by atoms with Gasteiger partial charge >= 0.3 is 5.97 Å². The summed E-state index contributed by atoms with van der Waals surface area (Å²) >= 11 is 0. The van der Waals surface area contributed by atoms with Gasteiger partial charge in [0.15, 0.2) is 12.0 Å². The number of ether oxygens (including phenoxy) is 2. The second kappa shape index (κ2) is 7.35. The molecule has 0 aromatic carbocycles. The molecule has 0 aliphatic carbocycles. The fourth-order valence-corrected chi connectivity index (χ4v) is 2.53. The van der Waals surface area contributed by atoms with Crippen molar-refractivity contribution in [2.45, 2.75) is 45.4 Å². The van der Waals surface area contributed by atoms with Gasteiger partial charge in [-0.05, 0) is 11.8 Å². The van der Waals surface area contributed by atoms with Gasteiger partial charge in [0.25, 0.3) is 0 Å². The van der Waals surface area contributed by atoms with Gasteiger partial charge in [-0.1, -0.05) is 13.8 Å². The van der Waals surface area contributed by atoms with Gasteiger partial charge in [0.1, 0.15) is 0 Å². The van der Waals surface area contributed by atoms with Crippen molar-refractivity contribution in [3.05, 3.63) is 0 Å². The number of aliphatic carboxylic acids is 1. The number of carboxylic acids is 1. The first-order valence-corrected chi connectivity index (χ1v) is 6.69. The summed E-state index contributed by atoms with van der Waals surface area (Å²) < 4.78 is 22.0. The minimum atomic E-state index is -1.21. The van der Waals surface area contributed by atoms with Crippen molar-refractivity contribution in [1.29, 1.82) is 5.41 Å². The van der Waals surface area contributed by atoms with Gasteiger partial charge in [-0.2, -0.15) is 0 Å². The van der Waals surface area contributed by atoms with E-state index in [0.717, 1.165) is 0 Å². The molecule has 1 aliphatic heterocycles. The van der Waals surface area contributed by atoms with E-state index in [2.05, 4.69) is 10.1 Å². The zero-order valence-electron chi connectivity index (χ0n) is 12.3. The standard InChI is InChI=1S/C13H21FN2O5/c1-6-7(2)11(16-8(3)17)12(13(18)19)21-9(6)4-10(15)20-5-14/h6-7,9,11-12,15H,4-5H2,1-3H3,(H,16,17)(H,18,19)/t6-,7-,9+,11-,12+/m0/s1. The van der Waals surface area contributed by atoms with Crippen molar-refractivity contribution < 1.29 is 28.6 Å². The molecular weight excluding hydrogens is 283 g/mol. The lowest BCUT2D eigenvalue weighted by molar-refractivity contribution is -0.173. The largest absolute Gasteiger partial charge is 0.479 e. The van der Waals surface area contributed by atoms with Crippen molar-refractivity contribution in [2.24, 2.45) is 11.8 Å². The molecule has 1 amide bonds. The fourth-order valence-electron chi connectivity index (χ4n) is 2.53. The van der Waals surface area contributed by atoms with Gasteiger partial charge in [0.05, 0.1) is 12.1 Å². The summed E-state index contributed by atoms with van der Waals surface area (Å²) in [5, 5.41) is 19.3. The number of hydrogen-bond donors (Lipinski definition) is 3. The third-order valence-electron chi connectivity index (χ3n) is 3.86. The average Bonchev–Trinajstić information content (AvgIpc) is 2.37. The van der Waals surface area contributed by atoms with Crippen LogP contribution in [-0.2, 0) is 19.1 Å². The minimum Gasteiger partial charge on any atom is -0.479 e. The van der Waals surface area contributed by atoms with E-state index in [4.69, 9.17) is 10.1 Å². The second-order valence-corrected chi connectivity index (χ2v) is 5.26. The summed E-state index contributed by atoms with van der Waals surface area (Å²) in [6.07, 6.45) is -1.79. The summed E-state index contributed by atoms with van der Waals surface area (Å²) in [5.74, 6) is -2.10. The summed E-state index contributed by atoms with van der Waals surface area (Å²) in [6.45, 7) is 3.86. The van der Waals surface area contributed by atoms with E-state index in [0.29, 0.717) is 0 Å². The van der Waals surface area contributed by atoms with Gasteiger partial charge in [-0.25, -0.2) is 9.18 Å². The van der Waals surface area contributed by atoms with Crippen molar-refractivity contribution in [3.8, 4) is 0 Å². The highest BCUT2D eigenvalue weighted by Gasteiger charge is 2.45. The molecule has 1 saturated heterocycles. The van der Waals surface area contributed by atoms with Crippen LogP contribution in [0.1, 0.15) is 27.2 Å². The Balaban J connectivity index is 2.86. The van der Waals surface area contributed by atoms with E-state index in [-0.39, 0.29) is 30.1 Å². The quantitative estimate of drug-likeness (QED) is 0.517. The molecule has 0 bridgehead atoms. The Bertz CT molecular complexity index is 417. The highest BCUT2D eigenvalue weighted by molar-refractivity contribution is 5.78. The van der Waals surface area contributed by atoms with Crippen LogP contribution < -0.4 is 5.32 Å². The third-order valence-corrected chi connectivity index (χ3v) is 3.86.